The van der Waals surface area contributed by atoms with E-state index in [2.05, 4.69) is 24.9 Å². The molecule has 2 heterocycles. The molecule has 0 radical (unpaired) electrons. The molecule has 0 bridgehead atoms. The van der Waals surface area contributed by atoms with Crippen LogP contribution in [-0.4, -0.2) is 23.7 Å². The quantitative estimate of drug-likeness (QED) is 0.792. The van der Waals surface area contributed by atoms with Crippen molar-refractivity contribution in [1.29, 1.82) is 0 Å². The molecule has 0 amide bonds. The Labute approximate surface area is 160 Å². The van der Waals surface area contributed by atoms with Gasteiger partial charge >= 0.3 is 0 Å². The number of pyridine rings is 1. The first kappa shape index (κ1) is 19.4. The van der Waals surface area contributed by atoms with Crippen LogP contribution in [0.2, 0.25) is 0 Å². The predicted molar refractivity (Wildman–Crippen MR) is 109 cm³/mol. The van der Waals surface area contributed by atoms with Gasteiger partial charge in [0.2, 0.25) is 5.88 Å². The molecular weight excluding hydrogens is 341 g/mol. The molecule has 144 valence electrons. The number of halogens is 1. The fourth-order valence-corrected chi connectivity index (χ4v) is 3.59. The summed E-state index contributed by atoms with van der Waals surface area (Å²) in [6, 6.07) is 6.85. The first-order valence-electron chi connectivity index (χ1n) is 9.37. The lowest BCUT2D eigenvalue weighted by Gasteiger charge is -2.29. The Bertz CT molecular complexity index is 845. The molecule has 1 aromatic carbocycles. The van der Waals surface area contributed by atoms with Crippen molar-refractivity contribution in [2.24, 2.45) is 11.7 Å². The van der Waals surface area contributed by atoms with Gasteiger partial charge in [-0.3, -0.25) is 0 Å². The summed E-state index contributed by atoms with van der Waals surface area (Å²) >= 11 is 0. The number of nitrogens with two attached hydrogens (primary N) is 1. The highest BCUT2D eigenvalue weighted by Gasteiger charge is 2.22. The van der Waals surface area contributed by atoms with Gasteiger partial charge in [0.25, 0.3) is 0 Å². The topological polar surface area (TPSA) is 51.4 Å². The Morgan fingerprint density at radius 3 is 2.81 bits per heavy atom. The maximum atomic E-state index is 13.7. The SMILES string of the molecule is Cc1cc(N2CC=Cc3ccc(F)cc32)cnc1OC[C@@](C)(N)CC(C)C. The molecule has 0 aliphatic carbocycles. The Hall–Kier alpha value is -2.40. The van der Waals surface area contributed by atoms with Crippen molar-refractivity contribution in [3.63, 3.8) is 0 Å². The average molecular weight is 369 g/mol. The molecule has 3 rings (SSSR count). The van der Waals surface area contributed by atoms with Gasteiger partial charge < -0.3 is 15.4 Å². The van der Waals surface area contributed by atoms with Crippen molar-refractivity contribution < 1.29 is 9.13 Å². The van der Waals surface area contributed by atoms with Gasteiger partial charge in [0.15, 0.2) is 0 Å². The monoisotopic (exact) mass is 369 g/mol. The number of hydrogen-bond donors (Lipinski definition) is 1. The summed E-state index contributed by atoms with van der Waals surface area (Å²) in [6.45, 7) is 9.36. The highest BCUT2D eigenvalue weighted by atomic mass is 19.1. The zero-order chi connectivity index (χ0) is 19.6. The van der Waals surface area contributed by atoms with Gasteiger partial charge in [0, 0.05) is 17.6 Å². The second-order valence-electron chi connectivity index (χ2n) is 8.07. The third-order valence-corrected chi connectivity index (χ3v) is 4.61. The minimum absolute atomic E-state index is 0.244. The van der Waals surface area contributed by atoms with E-state index in [1.807, 2.05) is 30.9 Å². The Morgan fingerprint density at radius 1 is 1.33 bits per heavy atom. The summed E-state index contributed by atoms with van der Waals surface area (Å²) < 4.78 is 19.6. The van der Waals surface area contributed by atoms with Crippen LogP contribution < -0.4 is 15.4 Å². The molecule has 0 saturated heterocycles. The summed E-state index contributed by atoms with van der Waals surface area (Å²) in [7, 11) is 0. The van der Waals surface area contributed by atoms with Crippen LogP contribution in [0.3, 0.4) is 0 Å². The minimum atomic E-state index is -0.394. The number of anilines is 2. The van der Waals surface area contributed by atoms with Gasteiger partial charge in [0.1, 0.15) is 12.4 Å². The Morgan fingerprint density at radius 2 is 2.11 bits per heavy atom. The van der Waals surface area contributed by atoms with Gasteiger partial charge in [-0.15, -0.1) is 0 Å². The number of nitrogens with zero attached hydrogens (tertiary/aromatic N) is 2. The molecule has 1 aromatic heterocycles. The average Bonchev–Trinajstić information content (AvgIpc) is 2.59. The van der Waals surface area contributed by atoms with Gasteiger partial charge in [-0.2, -0.15) is 0 Å². The highest BCUT2D eigenvalue weighted by Crippen LogP contribution is 2.34. The minimum Gasteiger partial charge on any atom is -0.476 e. The first-order valence-corrected chi connectivity index (χ1v) is 9.37. The van der Waals surface area contributed by atoms with Crippen molar-refractivity contribution >= 4 is 17.5 Å². The van der Waals surface area contributed by atoms with Crippen LogP contribution in [0.1, 0.15) is 38.3 Å². The Balaban J connectivity index is 1.78. The number of aromatic nitrogens is 1. The number of ether oxygens (including phenoxy) is 1. The molecule has 0 saturated carbocycles. The molecule has 5 heteroatoms. The highest BCUT2D eigenvalue weighted by molar-refractivity contribution is 5.77. The van der Waals surface area contributed by atoms with E-state index in [0.717, 1.165) is 28.9 Å². The molecule has 0 spiro atoms. The summed E-state index contributed by atoms with van der Waals surface area (Å²) in [5.74, 6) is 0.852. The molecule has 1 aliphatic heterocycles. The molecule has 0 unspecified atom stereocenters. The van der Waals surface area contributed by atoms with Crippen molar-refractivity contribution in [3.05, 3.63) is 53.5 Å². The number of benzene rings is 1. The summed E-state index contributed by atoms with van der Waals surface area (Å²) in [6.07, 6.45) is 6.73. The van der Waals surface area contributed by atoms with Crippen LogP contribution in [0.15, 0.2) is 36.5 Å². The van der Waals surface area contributed by atoms with Crippen molar-refractivity contribution in [3.8, 4) is 5.88 Å². The van der Waals surface area contributed by atoms with Crippen molar-refractivity contribution in [1.82, 2.24) is 4.98 Å². The summed E-state index contributed by atoms with van der Waals surface area (Å²) in [4.78, 5) is 6.54. The maximum Gasteiger partial charge on any atom is 0.216 e. The lowest BCUT2D eigenvalue weighted by molar-refractivity contribution is 0.199. The van der Waals surface area contributed by atoms with E-state index in [1.54, 1.807) is 18.3 Å². The van der Waals surface area contributed by atoms with Crippen LogP contribution in [0, 0.1) is 18.7 Å². The van der Waals surface area contributed by atoms with Crippen LogP contribution in [0.25, 0.3) is 6.08 Å². The van der Waals surface area contributed by atoms with Gasteiger partial charge in [-0.05, 0) is 56.0 Å². The van der Waals surface area contributed by atoms with E-state index in [1.165, 1.54) is 6.07 Å². The number of hydrogen-bond acceptors (Lipinski definition) is 4. The van der Waals surface area contributed by atoms with E-state index in [0.29, 0.717) is 24.9 Å². The predicted octanol–water partition coefficient (Wildman–Crippen LogP) is 4.84. The molecule has 2 N–H and O–H groups in total. The Kier molecular flexibility index (Phi) is 5.51. The lowest BCUT2D eigenvalue weighted by Crippen LogP contribution is -2.43. The largest absolute Gasteiger partial charge is 0.476 e. The number of fused-ring (bicyclic) bond motifs is 1. The molecule has 1 aliphatic rings. The second kappa shape index (κ2) is 7.69. The van der Waals surface area contributed by atoms with E-state index >= 15 is 0 Å². The molecular formula is C22H28FN3O. The van der Waals surface area contributed by atoms with E-state index in [-0.39, 0.29) is 5.82 Å². The molecule has 2 aromatic rings. The lowest BCUT2D eigenvalue weighted by atomic mass is 9.93. The standard InChI is InChI=1S/C22H28FN3O/c1-15(2)12-22(4,24)14-27-21-16(3)10-19(13-25-21)26-9-5-6-17-7-8-18(23)11-20(17)26/h5-8,10-11,13,15H,9,12,14,24H2,1-4H3/t22-/m0/s1. The van der Waals surface area contributed by atoms with Gasteiger partial charge in [0.05, 0.1) is 17.6 Å². The van der Waals surface area contributed by atoms with Crippen LogP contribution >= 0.6 is 0 Å². The van der Waals surface area contributed by atoms with Gasteiger partial charge in [-0.1, -0.05) is 26.0 Å². The van der Waals surface area contributed by atoms with Crippen molar-refractivity contribution in [2.45, 2.75) is 39.7 Å². The third kappa shape index (κ3) is 4.66. The third-order valence-electron chi connectivity index (χ3n) is 4.61. The maximum absolute atomic E-state index is 13.7. The van der Waals surface area contributed by atoms with Crippen LogP contribution in [0.4, 0.5) is 15.8 Å². The number of rotatable bonds is 6. The molecule has 0 fully saturated rings. The number of aryl methyl sites for hydroxylation is 1. The summed E-state index contributed by atoms with van der Waals surface area (Å²) in [5.41, 5.74) is 9.61. The first-order chi connectivity index (χ1) is 12.7. The van der Waals surface area contributed by atoms with Crippen LogP contribution in [-0.2, 0) is 0 Å². The molecule has 27 heavy (non-hydrogen) atoms. The van der Waals surface area contributed by atoms with Crippen molar-refractivity contribution in [2.75, 3.05) is 18.1 Å². The van der Waals surface area contributed by atoms with E-state index in [9.17, 15) is 4.39 Å². The van der Waals surface area contributed by atoms with Gasteiger partial charge in [-0.25, -0.2) is 9.37 Å². The fraction of sp³-hybridized carbons (Fsp3) is 0.409. The smallest absolute Gasteiger partial charge is 0.216 e. The van der Waals surface area contributed by atoms with E-state index in [4.69, 9.17) is 10.5 Å². The fourth-order valence-electron chi connectivity index (χ4n) is 3.59. The summed E-state index contributed by atoms with van der Waals surface area (Å²) in [5, 5.41) is 0. The second-order valence-corrected chi connectivity index (χ2v) is 8.07. The zero-order valence-corrected chi connectivity index (χ0v) is 16.5. The molecule has 4 nitrogen and oxygen atoms in total. The van der Waals surface area contributed by atoms with E-state index < -0.39 is 5.54 Å². The van der Waals surface area contributed by atoms with Crippen LogP contribution in [0.5, 0.6) is 5.88 Å². The zero-order valence-electron chi connectivity index (χ0n) is 16.5. The molecule has 1 atom stereocenters. The normalized spacial score (nSPS) is 15.6.